The summed E-state index contributed by atoms with van der Waals surface area (Å²) < 4.78 is 5.17. The maximum Gasteiger partial charge on any atom is 0.339 e. The van der Waals surface area contributed by atoms with Gasteiger partial charge >= 0.3 is 5.97 Å². The number of para-hydroxylation sites is 1. The topological polar surface area (TPSA) is 103 Å². The van der Waals surface area contributed by atoms with Crippen molar-refractivity contribution in [3.63, 3.8) is 0 Å². The van der Waals surface area contributed by atoms with Crippen LogP contribution >= 0.6 is 11.6 Å². The molecule has 8 heteroatoms. The van der Waals surface area contributed by atoms with Gasteiger partial charge in [0.1, 0.15) is 11.2 Å². The third kappa shape index (κ3) is 3.77. The second-order valence-corrected chi connectivity index (χ2v) is 6.47. The zero-order valence-electron chi connectivity index (χ0n) is 14.0. The Labute approximate surface area is 155 Å². The highest BCUT2D eigenvalue weighted by Gasteiger charge is 2.31. The highest BCUT2D eigenvalue weighted by Crippen LogP contribution is 2.22. The molecule has 1 aliphatic rings. The van der Waals surface area contributed by atoms with Crippen LogP contribution in [0.4, 0.5) is 0 Å². The van der Waals surface area contributed by atoms with Gasteiger partial charge in [-0.1, -0.05) is 29.8 Å². The SMILES string of the molecule is NC(=O)[C@H]1CCCCN1C(=O)COC(=O)c1cc(Cl)nc2ccccc12. The van der Waals surface area contributed by atoms with Crippen LogP contribution in [-0.2, 0) is 14.3 Å². The lowest BCUT2D eigenvalue weighted by Crippen LogP contribution is -2.51. The number of hydrogen-bond donors (Lipinski definition) is 1. The molecule has 1 aliphatic heterocycles. The molecular formula is C18H18ClN3O4. The molecule has 1 fully saturated rings. The van der Waals surface area contributed by atoms with E-state index in [9.17, 15) is 14.4 Å². The standard InChI is InChI=1S/C18H18ClN3O4/c19-15-9-12(11-5-1-2-6-13(11)21-15)18(25)26-10-16(23)22-8-4-3-7-14(22)17(20)24/h1-2,5-6,9,14H,3-4,7-8,10H2,(H2,20,24)/t14-/m1/s1. The minimum Gasteiger partial charge on any atom is -0.452 e. The predicted octanol–water partition coefficient (Wildman–Crippen LogP) is 1.91. The quantitative estimate of drug-likeness (QED) is 0.649. The van der Waals surface area contributed by atoms with E-state index in [1.54, 1.807) is 24.3 Å². The van der Waals surface area contributed by atoms with Crippen molar-refractivity contribution in [2.24, 2.45) is 5.73 Å². The van der Waals surface area contributed by atoms with E-state index < -0.39 is 30.4 Å². The lowest BCUT2D eigenvalue weighted by Gasteiger charge is -2.33. The van der Waals surface area contributed by atoms with Crippen LogP contribution in [0.25, 0.3) is 10.9 Å². The van der Waals surface area contributed by atoms with E-state index in [2.05, 4.69) is 4.98 Å². The molecule has 2 amide bonds. The number of nitrogens with zero attached hydrogens (tertiary/aromatic N) is 2. The Kier molecular flexibility index (Phi) is 5.37. The minimum absolute atomic E-state index is 0.159. The summed E-state index contributed by atoms with van der Waals surface area (Å²) in [5.74, 6) is -1.66. The van der Waals surface area contributed by atoms with Crippen molar-refractivity contribution in [1.29, 1.82) is 0 Å². The number of ether oxygens (including phenoxy) is 1. The zero-order valence-corrected chi connectivity index (χ0v) is 14.7. The van der Waals surface area contributed by atoms with Crippen LogP contribution < -0.4 is 5.73 Å². The third-order valence-electron chi connectivity index (χ3n) is 4.38. The lowest BCUT2D eigenvalue weighted by molar-refractivity contribution is -0.143. The first-order valence-electron chi connectivity index (χ1n) is 8.28. The zero-order chi connectivity index (χ0) is 18.7. The average molecular weight is 376 g/mol. The Balaban J connectivity index is 1.73. The van der Waals surface area contributed by atoms with Gasteiger partial charge in [-0.2, -0.15) is 0 Å². The number of primary amides is 1. The molecule has 1 aromatic carbocycles. The van der Waals surface area contributed by atoms with Gasteiger partial charge in [-0.3, -0.25) is 9.59 Å². The molecule has 1 atom stereocenters. The molecule has 0 unspecified atom stereocenters. The fraction of sp³-hybridized carbons (Fsp3) is 0.333. The largest absolute Gasteiger partial charge is 0.452 e. The molecule has 2 heterocycles. The molecule has 2 N–H and O–H groups in total. The van der Waals surface area contributed by atoms with Gasteiger partial charge in [0.05, 0.1) is 11.1 Å². The Morgan fingerprint density at radius 2 is 2.04 bits per heavy atom. The molecule has 1 aromatic heterocycles. The number of aromatic nitrogens is 1. The summed E-state index contributed by atoms with van der Waals surface area (Å²) in [7, 11) is 0. The molecule has 7 nitrogen and oxygen atoms in total. The number of halogens is 1. The predicted molar refractivity (Wildman–Crippen MR) is 95.6 cm³/mol. The van der Waals surface area contributed by atoms with E-state index >= 15 is 0 Å². The van der Waals surface area contributed by atoms with Crippen LogP contribution in [0, 0.1) is 0 Å². The number of nitrogens with two attached hydrogens (primary N) is 1. The summed E-state index contributed by atoms with van der Waals surface area (Å²) >= 11 is 5.96. The first kappa shape index (κ1) is 18.1. The Hall–Kier alpha value is -2.67. The molecular weight excluding hydrogens is 358 g/mol. The van der Waals surface area contributed by atoms with E-state index in [4.69, 9.17) is 22.1 Å². The number of piperidine rings is 1. The molecule has 0 spiro atoms. The number of carbonyl (C=O) groups is 3. The molecule has 0 bridgehead atoms. The smallest absolute Gasteiger partial charge is 0.339 e. The summed E-state index contributed by atoms with van der Waals surface area (Å²) in [6.45, 7) is -0.0368. The van der Waals surface area contributed by atoms with Gasteiger partial charge in [0.15, 0.2) is 6.61 Å². The second-order valence-electron chi connectivity index (χ2n) is 6.09. The van der Waals surface area contributed by atoms with Gasteiger partial charge in [-0.15, -0.1) is 0 Å². The molecule has 2 aromatic rings. The second kappa shape index (κ2) is 7.70. The minimum atomic E-state index is -0.675. The molecule has 0 radical (unpaired) electrons. The maximum atomic E-state index is 12.4. The van der Waals surface area contributed by atoms with Gasteiger partial charge in [0.2, 0.25) is 5.91 Å². The fourth-order valence-corrected chi connectivity index (χ4v) is 3.33. The highest BCUT2D eigenvalue weighted by atomic mass is 35.5. The molecule has 3 rings (SSSR count). The van der Waals surface area contributed by atoms with Crippen molar-refractivity contribution in [3.8, 4) is 0 Å². The van der Waals surface area contributed by atoms with E-state index in [0.29, 0.717) is 23.9 Å². The van der Waals surface area contributed by atoms with Crippen molar-refractivity contribution in [2.45, 2.75) is 25.3 Å². The van der Waals surface area contributed by atoms with Gasteiger partial charge in [0.25, 0.3) is 5.91 Å². The number of pyridine rings is 1. The van der Waals surface area contributed by atoms with E-state index in [-0.39, 0.29) is 10.7 Å². The molecule has 0 aliphatic carbocycles. The number of rotatable bonds is 4. The summed E-state index contributed by atoms with van der Waals surface area (Å²) in [5.41, 5.74) is 6.15. The molecule has 1 saturated heterocycles. The van der Waals surface area contributed by atoms with Crippen LogP contribution in [0.5, 0.6) is 0 Å². The Morgan fingerprint density at radius 3 is 2.81 bits per heavy atom. The number of esters is 1. The van der Waals surface area contributed by atoms with Gasteiger partial charge in [-0.05, 0) is 31.4 Å². The van der Waals surface area contributed by atoms with Crippen LogP contribution in [0.1, 0.15) is 29.6 Å². The number of hydrogen-bond acceptors (Lipinski definition) is 5. The first-order valence-corrected chi connectivity index (χ1v) is 8.66. The van der Waals surface area contributed by atoms with Gasteiger partial charge in [-0.25, -0.2) is 9.78 Å². The monoisotopic (exact) mass is 375 g/mol. The summed E-state index contributed by atoms with van der Waals surface area (Å²) in [6.07, 6.45) is 2.15. The Morgan fingerprint density at radius 1 is 1.27 bits per heavy atom. The average Bonchev–Trinajstić information content (AvgIpc) is 2.65. The molecule has 0 saturated carbocycles. The van der Waals surface area contributed by atoms with E-state index in [1.165, 1.54) is 11.0 Å². The van der Waals surface area contributed by atoms with E-state index in [0.717, 1.165) is 12.8 Å². The van der Waals surface area contributed by atoms with E-state index in [1.807, 2.05) is 0 Å². The van der Waals surface area contributed by atoms with Crippen molar-refractivity contribution in [3.05, 3.63) is 41.0 Å². The van der Waals surface area contributed by atoms with Crippen LogP contribution in [-0.4, -0.2) is 46.9 Å². The third-order valence-corrected chi connectivity index (χ3v) is 4.58. The number of amides is 2. The van der Waals surface area contributed by atoms with Gasteiger partial charge in [0, 0.05) is 11.9 Å². The number of likely N-dealkylation sites (tertiary alicyclic amines) is 1. The lowest BCUT2D eigenvalue weighted by atomic mass is 10.0. The summed E-state index contributed by atoms with van der Waals surface area (Å²) in [4.78, 5) is 41.9. The Bertz CT molecular complexity index is 871. The van der Waals surface area contributed by atoms with Crippen LogP contribution in [0.15, 0.2) is 30.3 Å². The fourth-order valence-electron chi connectivity index (χ4n) is 3.13. The normalized spacial score (nSPS) is 17.1. The van der Waals surface area contributed by atoms with Crippen LogP contribution in [0.2, 0.25) is 5.15 Å². The summed E-state index contributed by atoms with van der Waals surface area (Å²) in [5, 5.41) is 0.745. The van der Waals surface area contributed by atoms with Crippen molar-refractivity contribution in [1.82, 2.24) is 9.88 Å². The van der Waals surface area contributed by atoms with Crippen molar-refractivity contribution in [2.75, 3.05) is 13.2 Å². The molecule has 26 heavy (non-hydrogen) atoms. The van der Waals surface area contributed by atoms with Crippen molar-refractivity contribution >= 4 is 40.3 Å². The maximum absolute atomic E-state index is 12.4. The number of fused-ring (bicyclic) bond motifs is 1. The molecule has 136 valence electrons. The highest BCUT2D eigenvalue weighted by molar-refractivity contribution is 6.30. The number of benzene rings is 1. The summed E-state index contributed by atoms with van der Waals surface area (Å²) in [6, 6.07) is 7.77. The number of carbonyl (C=O) groups excluding carboxylic acids is 3. The van der Waals surface area contributed by atoms with Crippen molar-refractivity contribution < 1.29 is 19.1 Å². The van der Waals surface area contributed by atoms with Gasteiger partial charge < -0.3 is 15.4 Å². The van der Waals surface area contributed by atoms with Crippen LogP contribution in [0.3, 0.4) is 0 Å². The first-order chi connectivity index (χ1) is 12.5.